The molecule has 1 aliphatic rings. The van der Waals surface area contributed by atoms with Crippen LogP contribution < -0.4 is 9.47 Å². The highest BCUT2D eigenvalue weighted by atomic mass is 35.5. The fourth-order valence-corrected chi connectivity index (χ4v) is 5.78. The molecule has 1 amide bonds. The maximum Gasteiger partial charge on any atom is 0.267 e. The van der Waals surface area contributed by atoms with Crippen LogP contribution in [0, 0.1) is 0 Å². The minimum Gasteiger partial charge on any atom is -0.497 e. The number of hydrogen-bond donors (Lipinski definition) is 0. The Hall–Kier alpha value is -3.42. The SMILES string of the molecule is COc1ccc(CN2C(=O)/C(=C/c3cc(Cl)c(OCc4ccccc4Cl)c(Cl)c3)SC2=Nc2ccccc2)cc1. The van der Waals surface area contributed by atoms with Crippen molar-refractivity contribution in [2.24, 2.45) is 4.99 Å². The van der Waals surface area contributed by atoms with Crippen LogP contribution in [0.1, 0.15) is 16.7 Å². The Kier molecular flexibility index (Phi) is 9.02. The quantitative estimate of drug-likeness (QED) is 0.187. The second-order valence-corrected chi connectivity index (χ2v) is 11.0. The molecule has 1 aliphatic heterocycles. The smallest absolute Gasteiger partial charge is 0.267 e. The highest BCUT2D eigenvalue weighted by Gasteiger charge is 2.33. The van der Waals surface area contributed by atoms with Crippen LogP contribution in [0.3, 0.4) is 0 Å². The third-order valence-corrected chi connectivity index (χ3v) is 7.95. The van der Waals surface area contributed by atoms with E-state index in [1.54, 1.807) is 36.3 Å². The Morgan fingerprint density at radius 3 is 2.23 bits per heavy atom. The number of amides is 1. The lowest BCUT2D eigenvalue weighted by Crippen LogP contribution is -2.28. The largest absolute Gasteiger partial charge is 0.497 e. The van der Waals surface area contributed by atoms with E-state index in [1.807, 2.05) is 72.8 Å². The molecule has 40 heavy (non-hydrogen) atoms. The zero-order valence-electron chi connectivity index (χ0n) is 21.3. The minimum atomic E-state index is -0.165. The van der Waals surface area contributed by atoms with Crippen LogP contribution in [0.25, 0.3) is 6.08 Å². The lowest BCUT2D eigenvalue weighted by Gasteiger charge is -2.16. The number of para-hydroxylation sites is 1. The normalized spacial score (nSPS) is 15.2. The predicted octanol–water partition coefficient (Wildman–Crippen LogP) is 9.04. The molecule has 5 rings (SSSR count). The molecule has 1 heterocycles. The molecule has 9 heteroatoms. The van der Waals surface area contributed by atoms with Gasteiger partial charge in [-0.25, -0.2) is 4.99 Å². The van der Waals surface area contributed by atoms with Crippen molar-refractivity contribution in [2.75, 3.05) is 7.11 Å². The fourth-order valence-electron chi connectivity index (χ4n) is 3.97. The Bertz CT molecular complexity index is 1570. The van der Waals surface area contributed by atoms with Gasteiger partial charge in [-0.2, -0.15) is 0 Å². The summed E-state index contributed by atoms with van der Waals surface area (Å²) in [5.74, 6) is 0.933. The summed E-state index contributed by atoms with van der Waals surface area (Å²) in [6.45, 7) is 0.572. The molecular formula is C31H23Cl3N2O3S. The van der Waals surface area contributed by atoms with E-state index in [0.29, 0.717) is 43.0 Å². The van der Waals surface area contributed by atoms with Gasteiger partial charge in [-0.15, -0.1) is 0 Å². The summed E-state index contributed by atoms with van der Waals surface area (Å²) in [6, 6.07) is 28.0. The van der Waals surface area contributed by atoms with Crippen LogP contribution in [-0.4, -0.2) is 23.1 Å². The van der Waals surface area contributed by atoms with Crippen molar-refractivity contribution in [2.45, 2.75) is 13.2 Å². The van der Waals surface area contributed by atoms with Gasteiger partial charge in [0.05, 0.1) is 34.3 Å². The van der Waals surface area contributed by atoms with E-state index < -0.39 is 0 Å². The van der Waals surface area contributed by atoms with Gasteiger partial charge in [0.15, 0.2) is 10.9 Å². The lowest BCUT2D eigenvalue weighted by molar-refractivity contribution is -0.122. The van der Waals surface area contributed by atoms with Crippen molar-refractivity contribution < 1.29 is 14.3 Å². The van der Waals surface area contributed by atoms with Crippen LogP contribution in [0.2, 0.25) is 15.1 Å². The predicted molar refractivity (Wildman–Crippen MR) is 165 cm³/mol. The Morgan fingerprint density at radius 2 is 1.55 bits per heavy atom. The maximum absolute atomic E-state index is 13.6. The van der Waals surface area contributed by atoms with E-state index in [1.165, 1.54) is 11.8 Å². The lowest BCUT2D eigenvalue weighted by atomic mass is 10.2. The maximum atomic E-state index is 13.6. The van der Waals surface area contributed by atoms with Gasteiger partial charge in [0.2, 0.25) is 0 Å². The van der Waals surface area contributed by atoms with Crippen LogP contribution in [-0.2, 0) is 17.9 Å². The van der Waals surface area contributed by atoms with Gasteiger partial charge in [-0.3, -0.25) is 9.69 Å². The number of amidine groups is 1. The van der Waals surface area contributed by atoms with E-state index >= 15 is 0 Å². The average molecular weight is 610 g/mol. The number of ether oxygens (including phenoxy) is 2. The Morgan fingerprint density at radius 1 is 0.875 bits per heavy atom. The molecular weight excluding hydrogens is 587 g/mol. The fraction of sp³-hybridized carbons (Fsp3) is 0.0968. The molecule has 0 radical (unpaired) electrons. The molecule has 5 nitrogen and oxygen atoms in total. The zero-order valence-corrected chi connectivity index (χ0v) is 24.4. The molecule has 202 valence electrons. The summed E-state index contributed by atoms with van der Waals surface area (Å²) < 4.78 is 11.1. The van der Waals surface area contributed by atoms with Gasteiger partial charge in [-0.05, 0) is 71.4 Å². The molecule has 4 aromatic carbocycles. The van der Waals surface area contributed by atoms with Crippen LogP contribution in [0.4, 0.5) is 5.69 Å². The number of carbonyl (C=O) groups excluding carboxylic acids is 1. The number of aliphatic imine (C=N–C) groups is 1. The molecule has 1 saturated heterocycles. The van der Waals surface area contributed by atoms with Crippen molar-refractivity contribution in [3.8, 4) is 11.5 Å². The molecule has 4 aromatic rings. The van der Waals surface area contributed by atoms with E-state index in [2.05, 4.69) is 0 Å². The summed E-state index contributed by atoms with van der Waals surface area (Å²) in [4.78, 5) is 20.5. The standard InChI is InChI=1S/C31H23Cl3N2O3S/c1-38-24-13-11-20(12-14-24)18-36-30(37)28(40-31(36)35-23-8-3-2-4-9-23)17-21-15-26(33)29(27(34)16-21)39-19-22-7-5-6-10-25(22)32/h2-17H,18-19H2,1H3/b28-17-,35-31?. The molecule has 0 atom stereocenters. The topological polar surface area (TPSA) is 51.1 Å². The van der Waals surface area contributed by atoms with E-state index in [9.17, 15) is 4.79 Å². The second-order valence-electron chi connectivity index (χ2n) is 8.77. The first-order valence-electron chi connectivity index (χ1n) is 12.2. The number of benzene rings is 4. The van der Waals surface area contributed by atoms with Gasteiger partial charge < -0.3 is 9.47 Å². The first-order chi connectivity index (χ1) is 19.4. The Balaban J connectivity index is 1.41. The molecule has 0 N–H and O–H groups in total. The van der Waals surface area contributed by atoms with Gasteiger partial charge >= 0.3 is 0 Å². The summed E-state index contributed by atoms with van der Waals surface area (Å²) in [5, 5.41) is 1.83. The highest BCUT2D eigenvalue weighted by molar-refractivity contribution is 8.18. The number of hydrogen-bond acceptors (Lipinski definition) is 5. The van der Waals surface area contributed by atoms with Crippen LogP contribution in [0.15, 0.2) is 101 Å². The van der Waals surface area contributed by atoms with Gasteiger partial charge in [0.1, 0.15) is 12.4 Å². The first kappa shape index (κ1) is 28.1. The summed E-state index contributed by atoms with van der Waals surface area (Å²) in [6.07, 6.45) is 1.76. The average Bonchev–Trinajstić information content (AvgIpc) is 3.23. The highest BCUT2D eigenvalue weighted by Crippen LogP contribution is 2.39. The second kappa shape index (κ2) is 12.8. The molecule has 0 aromatic heterocycles. The molecule has 0 unspecified atom stereocenters. The van der Waals surface area contributed by atoms with Crippen molar-refractivity contribution in [1.82, 2.24) is 4.90 Å². The number of rotatable bonds is 8. The number of carbonyl (C=O) groups is 1. The van der Waals surface area contributed by atoms with E-state index in [4.69, 9.17) is 49.3 Å². The zero-order chi connectivity index (χ0) is 28.1. The molecule has 0 bridgehead atoms. The van der Waals surface area contributed by atoms with Gasteiger partial charge in [0, 0.05) is 10.6 Å². The third kappa shape index (κ3) is 6.65. The van der Waals surface area contributed by atoms with Crippen molar-refractivity contribution >= 4 is 69.4 Å². The molecule has 0 aliphatic carbocycles. The molecule has 0 spiro atoms. The summed E-state index contributed by atoms with van der Waals surface area (Å²) in [7, 11) is 1.62. The summed E-state index contributed by atoms with van der Waals surface area (Å²) >= 11 is 20.6. The molecule has 0 saturated carbocycles. The monoisotopic (exact) mass is 608 g/mol. The van der Waals surface area contributed by atoms with Crippen molar-refractivity contribution in [1.29, 1.82) is 0 Å². The van der Waals surface area contributed by atoms with E-state index in [0.717, 1.165) is 22.6 Å². The number of halogens is 3. The first-order valence-corrected chi connectivity index (χ1v) is 14.2. The number of nitrogens with zero attached hydrogens (tertiary/aromatic N) is 2. The number of thioether (sulfide) groups is 1. The Labute approximate surface area is 252 Å². The minimum absolute atomic E-state index is 0.165. The van der Waals surface area contributed by atoms with Gasteiger partial charge in [0.25, 0.3) is 5.91 Å². The summed E-state index contributed by atoms with van der Waals surface area (Å²) in [5.41, 5.74) is 3.19. The van der Waals surface area contributed by atoms with Crippen molar-refractivity contribution in [3.63, 3.8) is 0 Å². The van der Waals surface area contributed by atoms with Gasteiger partial charge in [-0.1, -0.05) is 83.3 Å². The number of methoxy groups -OCH3 is 1. The van der Waals surface area contributed by atoms with Crippen LogP contribution in [0.5, 0.6) is 11.5 Å². The third-order valence-electron chi connectivity index (χ3n) is 6.02. The van der Waals surface area contributed by atoms with E-state index in [-0.39, 0.29) is 12.5 Å². The van der Waals surface area contributed by atoms with Crippen molar-refractivity contribution in [3.05, 3.63) is 128 Å². The molecule has 1 fully saturated rings. The van der Waals surface area contributed by atoms with Crippen LogP contribution >= 0.6 is 46.6 Å².